The lowest BCUT2D eigenvalue weighted by molar-refractivity contribution is -0.0907. The predicted octanol–water partition coefficient (Wildman–Crippen LogP) is 2.85. The molecule has 0 aromatic heterocycles. The lowest BCUT2D eigenvalue weighted by atomic mass is 10.0. The van der Waals surface area contributed by atoms with Crippen LogP contribution >= 0.6 is 0 Å². The van der Waals surface area contributed by atoms with E-state index in [0.29, 0.717) is 12.2 Å². The maximum atomic E-state index is 13.6. The van der Waals surface area contributed by atoms with E-state index < -0.39 is 40.5 Å². The number of alkyl carbamates (subject to hydrolysis) is 1. The molecule has 2 aliphatic heterocycles. The number of amides is 1. The number of nitrogens with zero attached hydrogens (tertiary/aromatic N) is 1. The average molecular weight is 577 g/mol. The summed E-state index contributed by atoms with van der Waals surface area (Å²) in [5.74, 6) is -0.0525. The normalized spacial score (nSPS) is 23.1. The summed E-state index contributed by atoms with van der Waals surface area (Å²) >= 11 is 0. The van der Waals surface area contributed by atoms with E-state index in [1.165, 1.54) is 16.4 Å². The van der Waals surface area contributed by atoms with Gasteiger partial charge < -0.3 is 29.7 Å². The van der Waals surface area contributed by atoms with Gasteiger partial charge in [-0.3, -0.25) is 0 Å². The van der Waals surface area contributed by atoms with Gasteiger partial charge in [-0.25, -0.2) is 13.2 Å². The van der Waals surface area contributed by atoms with E-state index in [1.54, 1.807) is 19.1 Å². The van der Waals surface area contributed by atoms with E-state index in [-0.39, 0.29) is 49.1 Å². The molecule has 11 heteroatoms. The highest BCUT2D eigenvalue weighted by molar-refractivity contribution is 7.89. The summed E-state index contributed by atoms with van der Waals surface area (Å²) in [7, 11) is -3.98. The van der Waals surface area contributed by atoms with Crippen molar-refractivity contribution < 1.29 is 37.6 Å². The van der Waals surface area contributed by atoms with E-state index >= 15 is 0 Å². The highest BCUT2D eigenvalue weighted by Crippen LogP contribution is 2.33. The standard InChI is InChI=1S/C29H40N2O8S/c1-19(2)16-31(40(35,36)23-11-9-22(10-12-23)20(3)32)17-26(33)25(15-21-7-5-4-6-8-21)30-29(34)39-27-18-38-28-24(27)13-14-37-28/h4-12,19-20,24-28,32-33H,13-18H2,1-3H3,(H,30,34)/t20-,24-,25-,26+,27-,28+/m0/s1. The van der Waals surface area contributed by atoms with Crippen molar-refractivity contribution >= 4 is 16.1 Å². The van der Waals surface area contributed by atoms with Crippen LogP contribution in [0, 0.1) is 11.8 Å². The van der Waals surface area contributed by atoms with Crippen molar-refractivity contribution in [2.24, 2.45) is 11.8 Å². The molecule has 4 rings (SSSR count). The molecule has 2 aliphatic rings. The van der Waals surface area contributed by atoms with E-state index in [2.05, 4.69) is 5.32 Å². The molecule has 0 bridgehead atoms. The van der Waals surface area contributed by atoms with Crippen LogP contribution in [0.1, 0.15) is 44.4 Å². The summed E-state index contributed by atoms with van der Waals surface area (Å²) in [6.45, 7) is 6.12. The maximum Gasteiger partial charge on any atom is 0.407 e. The second-order valence-electron chi connectivity index (χ2n) is 10.9. The number of ether oxygens (including phenoxy) is 3. The van der Waals surface area contributed by atoms with Crippen LogP contribution in [0.15, 0.2) is 59.5 Å². The number of hydrogen-bond donors (Lipinski definition) is 3. The summed E-state index contributed by atoms with van der Waals surface area (Å²) in [6.07, 6.45) is -2.48. The van der Waals surface area contributed by atoms with Gasteiger partial charge in [-0.1, -0.05) is 56.3 Å². The zero-order chi connectivity index (χ0) is 28.9. The fourth-order valence-electron chi connectivity index (χ4n) is 5.10. The molecule has 0 spiro atoms. The number of sulfonamides is 1. The van der Waals surface area contributed by atoms with Gasteiger partial charge in [0.05, 0.1) is 42.3 Å². The molecule has 2 heterocycles. The summed E-state index contributed by atoms with van der Waals surface area (Å²) in [6, 6.07) is 14.6. The molecule has 40 heavy (non-hydrogen) atoms. The number of aliphatic hydroxyl groups is 2. The molecule has 2 aromatic carbocycles. The van der Waals surface area contributed by atoms with Crippen LogP contribution in [0.25, 0.3) is 0 Å². The largest absolute Gasteiger partial charge is 0.443 e. The van der Waals surface area contributed by atoms with Gasteiger partial charge in [0.25, 0.3) is 0 Å². The first-order valence-electron chi connectivity index (χ1n) is 13.7. The highest BCUT2D eigenvalue weighted by atomic mass is 32.2. The third-order valence-electron chi connectivity index (χ3n) is 7.27. The fourth-order valence-corrected chi connectivity index (χ4v) is 6.72. The van der Waals surface area contributed by atoms with Crippen LogP contribution in [0.4, 0.5) is 4.79 Å². The van der Waals surface area contributed by atoms with Gasteiger partial charge in [0, 0.05) is 13.1 Å². The van der Waals surface area contributed by atoms with Crippen molar-refractivity contribution in [1.82, 2.24) is 9.62 Å². The Balaban J connectivity index is 1.51. The van der Waals surface area contributed by atoms with Gasteiger partial charge in [-0.2, -0.15) is 4.31 Å². The summed E-state index contributed by atoms with van der Waals surface area (Å²) in [4.78, 5) is 13.0. The van der Waals surface area contributed by atoms with Crippen LogP contribution in [-0.2, 0) is 30.7 Å². The van der Waals surface area contributed by atoms with Crippen LogP contribution in [0.2, 0.25) is 0 Å². The summed E-state index contributed by atoms with van der Waals surface area (Å²) < 4.78 is 45.2. The van der Waals surface area contributed by atoms with Crippen LogP contribution in [0.3, 0.4) is 0 Å². The minimum atomic E-state index is -3.98. The minimum Gasteiger partial charge on any atom is -0.443 e. The second kappa shape index (κ2) is 13.4. The Morgan fingerprint density at radius 1 is 1.05 bits per heavy atom. The van der Waals surface area contributed by atoms with E-state index in [1.807, 2.05) is 44.2 Å². The Hall–Kier alpha value is -2.54. The van der Waals surface area contributed by atoms with E-state index in [4.69, 9.17) is 14.2 Å². The predicted molar refractivity (Wildman–Crippen MR) is 148 cm³/mol. The number of benzene rings is 2. The van der Waals surface area contributed by atoms with Gasteiger partial charge in [0.15, 0.2) is 6.29 Å². The number of hydrogen-bond acceptors (Lipinski definition) is 8. The topological polar surface area (TPSA) is 135 Å². The Bertz CT molecular complexity index is 1210. The number of carbonyl (C=O) groups is 1. The SMILES string of the molecule is CC(C)CN(C[C@@H](O)[C@H](Cc1ccccc1)NC(=O)O[C@H]1CO[C@H]2OCC[C@H]21)S(=O)(=O)c1ccc([C@H](C)O)cc1. The van der Waals surface area contributed by atoms with E-state index in [9.17, 15) is 23.4 Å². The number of rotatable bonds is 12. The number of nitrogens with one attached hydrogen (secondary N) is 1. The first-order chi connectivity index (χ1) is 19.0. The Morgan fingerprint density at radius 3 is 2.40 bits per heavy atom. The highest BCUT2D eigenvalue weighted by Gasteiger charge is 2.44. The molecular weight excluding hydrogens is 536 g/mol. The zero-order valence-corrected chi connectivity index (χ0v) is 24.0. The lowest BCUT2D eigenvalue weighted by Crippen LogP contribution is -2.51. The first kappa shape index (κ1) is 30.4. The van der Waals surface area contributed by atoms with Gasteiger partial charge in [0.2, 0.25) is 10.0 Å². The van der Waals surface area contributed by atoms with Crippen molar-refractivity contribution in [2.45, 2.75) is 69.2 Å². The van der Waals surface area contributed by atoms with Crippen molar-refractivity contribution in [3.8, 4) is 0 Å². The van der Waals surface area contributed by atoms with Crippen LogP contribution in [0.5, 0.6) is 0 Å². The number of aliphatic hydroxyl groups excluding tert-OH is 2. The fraction of sp³-hybridized carbons (Fsp3) is 0.552. The van der Waals surface area contributed by atoms with Gasteiger partial charge in [-0.15, -0.1) is 0 Å². The average Bonchev–Trinajstić information content (AvgIpc) is 3.53. The molecule has 10 nitrogen and oxygen atoms in total. The summed E-state index contributed by atoms with van der Waals surface area (Å²) in [5, 5.41) is 24.0. The Labute approximate surface area is 236 Å². The Kier molecular flexibility index (Phi) is 10.2. The molecule has 0 unspecified atom stereocenters. The van der Waals surface area contributed by atoms with Crippen molar-refractivity contribution in [3.63, 3.8) is 0 Å². The van der Waals surface area contributed by atoms with Crippen molar-refractivity contribution in [1.29, 1.82) is 0 Å². The molecule has 0 radical (unpaired) electrons. The molecule has 0 saturated carbocycles. The van der Waals surface area contributed by atoms with Gasteiger partial charge in [-0.05, 0) is 48.9 Å². The summed E-state index contributed by atoms with van der Waals surface area (Å²) in [5.41, 5.74) is 1.47. The molecular formula is C29H40N2O8S. The molecule has 2 fully saturated rings. The number of fused-ring (bicyclic) bond motifs is 1. The number of carbonyl (C=O) groups excluding carboxylic acids is 1. The van der Waals surface area contributed by atoms with Gasteiger partial charge >= 0.3 is 6.09 Å². The molecule has 0 aliphatic carbocycles. The Morgan fingerprint density at radius 2 is 1.75 bits per heavy atom. The van der Waals surface area contributed by atoms with Gasteiger partial charge in [0.1, 0.15) is 6.10 Å². The van der Waals surface area contributed by atoms with Crippen molar-refractivity contribution in [2.75, 3.05) is 26.3 Å². The smallest absolute Gasteiger partial charge is 0.407 e. The third-order valence-corrected chi connectivity index (χ3v) is 9.12. The first-order valence-corrected chi connectivity index (χ1v) is 15.2. The quantitative estimate of drug-likeness (QED) is 0.351. The molecule has 3 N–H and O–H groups in total. The molecule has 6 atom stereocenters. The molecule has 220 valence electrons. The third kappa shape index (κ3) is 7.59. The monoisotopic (exact) mass is 576 g/mol. The van der Waals surface area contributed by atoms with Crippen molar-refractivity contribution in [3.05, 3.63) is 65.7 Å². The lowest BCUT2D eigenvalue weighted by Gasteiger charge is -2.31. The maximum absolute atomic E-state index is 13.6. The second-order valence-corrected chi connectivity index (χ2v) is 12.9. The molecule has 1 amide bonds. The van der Waals surface area contributed by atoms with Crippen LogP contribution in [-0.4, -0.2) is 79.9 Å². The van der Waals surface area contributed by atoms with E-state index in [0.717, 1.165) is 12.0 Å². The minimum absolute atomic E-state index is 0.0202. The molecule has 2 aromatic rings. The zero-order valence-electron chi connectivity index (χ0n) is 23.2. The molecule has 2 saturated heterocycles. The van der Waals surface area contributed by atoms with Crippen LogP contribution < -0.4 is 5.32 Å².